The van der Waals surface area contributed by atoms with Crippen LogP contribution in [-0.2, 0) is 18.7 Å². The van der Waals surface area contributed by atoms with E-state index in [1.165, 1.54) is 20.8 Å². The number of nitrogens with zero attached hydrogens (tertiary/aromatic N) is 1. The van der Waals surface area contributed by atoms with Crippen LogP contribution in [0.2, 0.25) is 11.4 Å². The van der Waals surface area contributed by atoms with Crippen molar-refractivity contribution < 1.29 is 28.8 Å². The lowest BCUT2D eigenvalue weighted by atomic mass is 9.58. The minimum absolute atomic E-state index is 0.101. The number of phenolic OH excluding ortho intramolecular Hbond substituents is 1. The molecule has 3 aromatic rings. The molecule has 52 heavy (non-hydrogen) atoms. The van der Waals surface area contributed by atoms with E-state index in [0.717, 1.165) is 36.0 Å². The second-order valence-corrected chi connectivity index (χ2v) is 20.1. The predicted molar refractivity (Wildman–Crippen MR) is 211 cm³/mol. The number of amides is 2. The van der Waals surface area contributed by atoms with E-state index < -0.39 is 33.4 Å². The third-order valence-electron chi connectivity index (χ3n) is 11.3. The van der Waals surface area contributed by atoms with E-state index in [9.17, 15) is 19.7 Å². The maximum Gasteiger partial charge on any atom is 0.455 e. The molecule has 2 heterocycles. The molecule has 2 amide bonds. The van der Waals surface area contributed by atoms with Crippen LogP contribution < -0.4 is 10.4 Å². The Morgan fingerprint density at radius 3 is 2.19 bits per heavy atom. The molecule has 7 nitrogen and oxygen atoms in total. The molecule has 6 rings (SSSR count). The van der Waals surface area contributed by atoms with Gasteiger partial charge >= 0.3 is 7.12 Å². The van der Waals surface area contributed by atoms with E-state index in [1.807, 2.05) is 31.2 Å². The first-order chi connectivity index (χ1) is 25.0. The van der Waals surface area contributed by atoms with E-state index in [1.54, 1.807) is 12.1 Å². The van der Waals surface area contributed by atoms with Gasteiger partial charge in [0, 0.05) is 6.54 Å². The van der Waals surface area contributed by atoms with Crippen LogP contribution in [0.25, 0.3) is 6.08 Å². The molecule has 1 aliphatic carbocycles. The van der Waals surface area contributed by atoms with Gasteiger partial charge in [0.1, 0.15) is 5.75 Å². The largest absolute Gasteiger partial charge is 0.508 e. The van der Waals surface area contributed by atoms with Crippen LogP contribution >= 0.6 is 0 Å². The fourth-order valence-corrected chi connectivity index (χ4v) is 13.7. The van der Waals surface area contributed by atoms with Gasteiger partial charge in [-0.15, -0.1) is 0 Å². The first kappa shape index (κ1) is 38.0. The molecule has 2 saturated heterocycles. The van der Waals surface area contributed by atoms with Gasteiger partial charge < -0.3 is 19.2 Å². The van der Waals surface area contributed by atoms with Crippen LogP contribution in [-0.4, -0.2) is 61.5 Å². The van der Waals surface area contributed by atoms with Crippen LogP contribution in [0.5, 0.6) is 5.75 Å². The summed E-state index contributed by atoms with van der Waals surface area (Å²) in [6.07, 6.45) is 6.32. The highest BCUT2D eigenvalue weighted by atomic mass is 28.4. The number of hydrogen-bond donors (Lipinski definition) is 2. The van der Waals surface area contributed by atoms with Crippen LogP contribution in [0.4, 0.5) is 0 Å². The van der Waals surface area contributed by atoms with Crippen molar-refractivity contribution in [1.82, 2.24) is 4.90 Å². The fraction of sp³-hybridized carbons (Fsp3) is 0.442. The van der Waals surface area contributed by atoms with Crippen molar-refractivity contribution in [3.8, 4) is 5.75 Å². The number of rotatable bonds is 13. The summed E-state index contributed by atoms with van der Waals surface area (Å²) < 4.78 is 13.9. The number of benzene rings is 3. The van der Waals surface area contributed by atoms with E-state index >= 15 is 0 Å². The maximum atomic E-state index is 14.0. The molecule has 274 valence electrons. The summed E-state index contributed by atoms with van der Waals surface area (Å²) >= 11 is 0. The molecule has 0 saturated carbocycles. The molecule has 3 aliphatic rings. The molecular weight excluding hydrogens is 665 g/mol. The van der Waals surface area contributed by atoms with Crippen molar-refractivity contribution in [2.75, 3.05) is 13.2 Å². The van der Waals surface area contributed by atoms with Crippen molar-refractivity contribution in [2.24, 2.45) is 17.8 Å². The van der Waals surface area contributed by atoms with Crippen LogP contribution in [0.15, 0.2) is 102 Å². The molecule has 0 bridgehead atoms. The zero-order valence-electron chi connectivity index (χ0n) is 31.4. The Balaban J connectivity index is 1.43. The number of likely N-dealkylation sites (tertiary alicyclic amines) is 1. The van der Waals surface area contributed by atoms with Crippen molar-refractivity contribution in [1.29, 1.82) is 0 Å². The summed E-state index contributed by atoms with van der Waals surface area (Å²) in [7, 11) is -3.96. The number of aromatic hydroxyl groups is 1. The zero-order valence-corrected chi connectivity index (χ0v) is 32.4. The first-order valence-electron chi connectivity index (χ1n) is 19.1. The van der Waals surface area contributed by atoms with E-state index in [2.05, 4.69) is 82.3 Å². The third kappa shape index (κ3) is 7.51. The molecule has 2 N–H and O–H groups in total. The molecule has 3 aromatic carbocycles. The normalized spacial score (nSPS) is 22.5. The molecule has 0 spiro atoms. The van der Waals surface area contributed by atoms with Crippen molar-refractivity contribution in [3.63, 3.8) is 0 Å². The molecular formula is C43H54BNO6Si. The fourth-order valence-electron chi connectivity index (χ4n) is 9.12. The van der Waals surface area contributed by atoms with Crippen molar-refractivity contribution in [3.05, 3.63) is 107 Å². The Morgan fingerprint density at radius 2 is 1.60 bits per heavy atom. The van der Waals surface area contributed by atoms with E-state index in [4.69, 9.17) is 9.08 Å². The van der Waals surface area contributed by atoms with Crippen LogP contribution in [0, 0.1) is 17.8 Å². The van der Waals surface area contributed by atoms with Gasteiger partial charge in [-0.25, -0.2) is 0 Å². The highest BCUT2D eigenvalue weighted by molar-refractivity contribution is 6.99. The summed E-state index contributed by atoms with van der Waals surface area (Å²) in [4.78, 5) is 29.4. The van der Waals surface area contributed by atoms with Gasteiger partial charge in [-0.3, -0.25) is 14.5 Å². The van der Waals surface area contributed by atoms with Gasteiger partial charge in [0.25, 0.3) is 8.32 Å². The lowest BCUT2D eigenvalue weighted by molar-refractivity contribution is -0.140. The Bertz CT molecular complexity index is 1750. The zero-order chi connectivity index (χ0) is 37.0. The smallest absolute Gasteiger partial charge is 0.455 e. The third-order valence-corrected chi connectivity index (χ3v) is 16.2. The number of imide groups is 1. The minimum atomic E-state index is -2.93. The summed E-state index contributed by atoms with van der Waals surface area (Å²) in [5.74, 6) is -1.28. The molecule has 0 unspecified atom stereocenters. The number of allylic oxidation sites excluding steroid dienone is 1. The first-order valence-corrected chi connectivity index (χ1v) is 21.0. The standard InChI is InChI=1S/C43H54BNO6Si/c1-6-15-30(25-31-16-14-17-33(46)26-31)22-23-38-39-32(27-36-40(37(39)28-44(49)51-38)42(48)45(24-7-2)41(36)47)29-50-52(43(3,4)5,34-18-10-8-11-19-34)35-20-12-9-13-21-35/h8-14,16-21,25-26,36-38,40,46,49H,6-7,15,22-24,27-29H2,1-5H3/b30-25+/t36-,37+,38-,40-/m1/s1. The topological polar surface area (TPSA) is 96.3 Å². The number of carbonyl (C=O) groups excluding carboxylic acids is 2. The van der Waals surface area contributed by atoms with Gasteiger partial charge in [0.05, 0.1) is 24.5 Å². The predicted octanol–water partition coefficient (Wildman–Crippen LogP) is 7.14. The summed E-state index contributed by atoms with van der Waals surface area (Å²) in [5, 5.41) is 23.4. The monoisotopic (exact) mass is 719 g/mol. The van der Waals surface area contributed by atoms with Gasteiger partial charge in [-0.1, -0.05) is 125 Å². The van der Waals surface area contributed by atoms with Crippen molar-refractivity contribution in [2.45, 2.75) is 90.6 Å². The van der Waals surface area contributed by atoms with Gasteiger partial charge in [0.15, 0.2) is 0 Å². The molecule has 2 aliphatic heterocycles. The van der Waals surface area contributed by atoms with Crippen LogP contribution in [0.3, 0.4) is 0 Å². The molecule has 0 aromatic heterocycles. The van der Waals surface area contributed by atoms with Gasteiger partial charge in [-0.2, -0.15) is 0 Å². The number of hydrogen-bond acceptors (Lipinski definition) is 6. The maximum absolute atomic E-state index is 14.0. The average Bonchev–Trinajstić information content (AvgIpc) is 3.35. The second-order valence-electron chi connectivity index (χ2n) is 15.8. The Morgan fingerprint density at radius 1 is 0.923 bits per heavy atom. The Hall–Kier alpha value is -3.76. The highest BCUT2D eigenvalue weighted by Gasteiger charge is 2.58. The second kappa shape index (κ2) is 16.1. The number of fused-ring (bicyclic) bond motifs is 3. The quantitative estimate of drug-likeness (QED) is 0.111. The van der Waals surface area contributed by atoms with Crippen molar-refractivity contribution >= 4 is 43.7 Å². The Labute approximate surface area is 311 Å². The average molecular weight is 720 g/mol. The van der Waals surface area contributed by atoms with Crippen LogP contribution in [0.1, 0.15) is 78.7 Å². The Kier molecular flexibility index (Phi) is 11.8. The number of carbonyl (C=O) groups is 2. The minimum Gasteiger partial charge on any atom is -0.508 e. The molecule has 9 heteroatoms. The lowest BCUT2D eigenvalue weighted by Crippen LogP contribution is -2.66. The summed E-state index contributed by atoms with van der Waals surface area (Å²) in [6, 6.07) is 28.4. The highest BCUT2D eigenvalue weighted by Crippen LogP contribution is 2.51. The van der Waals surface area contributed by atoms with Gasteiger partial charge in [0.2, 0.25) is 11.8 Å². The molecule has 2 fully saturated rings. The summed E-state index contributed by atoms with van der Waals surface area (Å²) in [6.45, 7) is 11.6. The van der Waals surface area contributed by atoms with Gasteiger partial charge in [-0.05, 0) is 88.6 Å². The SMILES string of the molecule is CCC/C(=C\c1cccc(O)c1)CC[C@H]1OB(O)C[C@H]2C1=C(CO[Si](c1ccccc1)(c1ccccc1)C(C)(C)C)C[C@H]1C(=O)N(CCC)C(=O)[C@H]12. The molecule has 0 radical (unpaired) electrons. The van der Waals surface area contributed by atoms with E-state index in [0.29, 0.717) is 32.4 Å². The van der Waals surface area contributed by atoms with E-state index in [-0.39, 0.29) is 34.8 Å². The lowest BCUT2D eigenvalue weighted by Gasteiger charge is -2.46. The summed E-state index contributed by atoms with van der Waals surface area (Å²) in [5.41, 5.74) is 4.24. The number of phenols is 1. The molecule has 4 atom stereocenters.